The molecule has 0 amide bonds. The summed E-state index contributed by atoms with van der Waals surface area (Å²) in [7, 11) is 0. The molecule has 2 N–H and O–H groups in total. The highest BCUT2D eigenvalue weighted by Crippen LogP contribution is 2.25. The molecule has 1 aliphatic heterocycles. The summed E-state index contributed by atoms with van der Waals surface area (Å²) < 4.78 is 11.3. The number of guanidine groups is 1. The van der Waals surface area contributed by atoms with E-state index in [1.807, 2.05) is 11.3 Å². The number of benzene rings is 1. The van der Waals surface area contributed by atoms with E-state index in [0.717, 1.165) is 58.4 Å². The van der Waals surface area contributed by atoms with Crippen molar-refractivity contribution in [2.24, 2.45) is 4.99 Å². The van der Waals surface area contributed by atoms with Gasteiger partial charge in [-0.15, -0.1) is 35.3 Å². The second-order valence-corrected chi connectivity index (χ2v) is 8.56. The Morgan fingerprint density at radius 1 is 1.12 bits per heavy atom. The highest BCUT2D eigenvalue weighted by molar-refractivity contribution is 14.0. The van der Waals surface area contributed by atoms with Gasteiger partial charge in [-0.3, -0.25) is 4.90 Å². The van der Waals surface area contributed by atoms with Crippen molar-refractivity contribution in [3.63, 3.8) is 0 Å². The lowest BCUT2D eigenvalue weighted by Crippen LogP contribution is -2.46. The largest absolute Gasteiger partial charge is 0.379 e. The van der Waals surface area contributed by atoms with Crippen LogP contribution in [-0.4, -0.2) is 56.9 Å². The zero-order valence-corrected chi connectivity index (χ0v) is 22.4. The standard InChI is InChI=1S/C24H36N4O2S.HI/c1-3-13-30-19-21-9-6-5-8-20(21)17-26-24(25-4-2)27-18-22(23-10-7-16-31-23)28-11-14-29-15-12-28;/h5-10,16,22H,3-4,11-15,17-19H2,1-2H3,(H2,25,26,27);1H. The highest BCUT2D eigenvalue weighted by atomic mass is 127. The molecule has 1 aromatic heterocycles. The Hall–Kier alpha value is -1.20. The number of ether oxygens (including phenoxy) is 2. The molecule has 6 nitrogen and oxygen atoms in total. The van der Waals surface area contributed by atoms with Crippen LogP contribution in [0, 0.1) is 0 Å². The number of nitrogens with zero attached hydrogens (tertiary/aromatic N) is 2. The Labute approximate surface area is 213 Å². The van der Waals surface area contributed by atoms with E-state index < -0.39 is 0 Å². The van der Waals surface area contributed by atoms with Crippen LogP contribution in [0.15, 0.2) is 46.8 Å². The van der Waals surface area contributed by atoms with Crippen LogP contribution in [0.1, 0.15) is 42.3 Å². The van der Waals surface area contributed by atoms with Crippen LogP contribution in [0.25, 0.3) is 0 Å². The number of aliphatic imine (C=N–C) groups is 1. The zero-order valence-electron chi connectivity index (χ0n) is 19.2. The Morgan fingerprint density at radius 3 is 2.59 bits per heavy atom. The van der Waals surface area contributed by atoms with Crippen molar-refractivity contribution in [2.45, 2.75) is 39.5 Å². The van der Waals surface area contributed by atoms with Crippen LogP contribution >= 0.6 is 35.3 Å². The molecule has 2 heterocycles. The topological polar surface area (TPSA) is 58.1 Å². The van der Waals surface area contributed by atoms with E-state index in [1.54, 1.807) is 0 Å². The molecule has 178 valence electrons. The van der Waals surface area contributed by atoms with Crippen molar-refractivity contribution in [3.8, 4) is 0 Å². The first-order chi connectivity index (χ1) is 15.3. The average Bonchev–Trinajstić information content (AvgIpc) is 3.34. The molecule has 3 rings (SSSR count). The monoisotopic (exact) mass is 572 g/mol. The van der Waals surface area contributed by atoms with Gasteiger partial charge in [-0.25, -0.2) is 4.99 Å². The lowest BCUT2D eigenvalue weighted by Gasteiger charge is -2.34. The van der Waals surface area contributed by atoms with Crippen LogP contribution < -0.4 is 10.6 Å². The fourth-order valence-electron chi connectivity index (χ4n) is 3.66. The van der Waals surface area contributed by atoms with Crippen molar-refractivity contribution < 1.29 is 9.47 Å². The van der Waals surface area contributed by atoms with E-state index >= 15 is 0 Å². The summed E-state index contributed by atoms with van der Waals surface area (Å²) in [6.07, 6.45) is 1.03. The van der Waals surface area contributed by atoms with Gasteiger partial charge >= 0.3 is 0 Å². The minimum Gasteiger partial charge on any atom is -0.379 e. The first-order valence-electron chi connectivity index (χ1n) is 11.3. The maximum atomic E-state index is 5.76. The number of nitrogens with one attached hydrogen (secondary N) is 2. The molecular formula is C24H37IN4O2S. The summed E-state index contributed by atoms with van der Waals surface area (Å²) in [6.45, 7) is 11.4. The predicted octanol–water partition coefficient (Wildman–Crippen LogP) is 4.42. The fourth-order valence-corrected chi connectivity index (χ4v) is 4.52. The van der Waals surface area contributed by atoms with Gasteiger partial charge in [-0.05, 0) is 35.9 Å². The van der Waals surface area contributed by atoms with Crippen molar-refractivity contribution in [3.05, 3.63) is 57.8 Å². The number of rotatable bonds is 11. The summed E-state index contributed by atoms with van der Waals surface area (Å²) in [5.74, 6) is 0.849. The summed E-state index contributed by atoms with van der Waals surface area (Å²) in [5.41, 5.74) is 2.42. The summed E-state index contributed by atoms with van der Waals surface area (Å²) >= 11 is 1.81. The molecule has 32 heavy (non-hydrogen) atoms. The first-order valence-corrected chi connectivity index (χ1v) is 12.2. The number of hydrogen-bond acceptors (Lipinski definition) is 5. The summed E-state index contributed by atoms with van der Waals surface area (Å²) in [5, 5.41) is 9.13. The number of thiophene rings is 1. The van der Waals surface area contributed by atoms with Gasteiger partial charge in [0.2, 0.25) is 0 Å². The lowest BCUT2D eigenvalue weighted by atomic mass is 10.1. The quantitative estimate of drug-likeness (QED) is 0.181. The van der Waals surface area contributed by atoms with Crippen LogP contribution in [0.3, 0.4) is 0 Å². The number of morpholine rings is 1. The fraction of sp³-hybridized carbons (Fsp3) is 0.542. The third-order valence-electron chi connectivity index (χ3n) is 5.30. The van der Waals surface area contributed by atoms with Gasteiger partial charge in [-0.2, -0.15) is 0 Å². The Bertz CT molecular complexity index is 782. The van der Waals surface area contributed by atoms with Gasteiger partial charge in [0.25, 0.3) is 0 Å². The molecule has 1 saturated heterocycles. The highest BCUT2D eigenvalue weighted by Gasteiger charge is 2.23. The van der Waals surface area contributed by atoms with Gasteiger partial charge in [-0.1, -0.05) is 37.3 Å². The molecule has 1 atom stereocenters. The Balaban J connectivity index is 0.00000363. The Morgan fingerprint density at radius 2 is 1.91 bits per heavy atom. The predicted molar refractivity (Wildman–Crippen MR) is 144 cm³/mol. The summed E-state index contributed by atoms with van der Waals surface area (Å²) in [4.78, 5) is 8.75. The van der Waals surface area contributed by atoms with E-state index in [-0.39, 0.29) is 24.0 Å². The van der Waals surface area contributed by atoms with Crippen molar-refractivity contribution in [2.75, 3.05) is 46.0 Å². The van der Waals surface area contributed by atoms with E-state index in [2.05, 4.69) is 71.2 Å². The second-order valence-electron chi connectivity index (χ2n) is 7.58. The van der Waals surface area contributed by atoms with Gasteiger partial charge < -0.3 is 20.1 Å². The maximum Gasteiger partial charge on any atom is 0.191 e. The first kappa shape index (κ1) is 27.0. The van der Waals surface area contributed by atoms with Crippen LogP contribution in [0.4, 0.5) is 0 Å². The molecule has 8 heteroatoms. The van der Waals surface area contributed by atoms with Gasteiger partial charge in [0, 0.05) is 37.7 Å². The van der Waals surface area contributed by atoms with Crippen LogP contribution in [0.2, 0.25) is 0 Å². The van der Waals surface area contributed by atoms with Crippen molar-refractivity contribution in [1.29, 1.82) is 0 Å². The molecule has 1 fully saturated rings. The normalized spacial score (nSPS) is 15.8. The van der Waals surface area contributed by atoms with E-state index in [4.69, 9.17) is 14.5 Å². The molecule has 1 unspecified atom stereocenters. The van der Waals surface area contributed by atoms with Crippen LogP contribution in [-0.2, 0) is 22.6 Å². The molecule has 0 saturated carbocycles. The van der Waals surface area contributed by atoms with E-state index in [1.165, 1.54) is 16.0 Å². The molecule has 2 aromatic rings. The summed E-state index contributed by atoms with van der Waals surface area (Å²) in [6, 6.07) is 13.1. The average molecular weight is 573 g/mol. The molecule has 0 aliphatic carbocycles. The van der Waals surface area contributed by atoms with Crippen molar-refractivity contribution in [1.82, 2.24) is 15.5 Å². The maximum absolute atomic E-state index is 5.76. The molecule has 0 bridgehead atoms. The third-order valence-corrected chi connectivity index (χ3v) is 6.27. The minimum absolute atomic E-state index is 0. The smallest absolute Gasteiger partial charge is 0.191 e. The number of halogens is 1. The third kappa shape index (κ3) is 8.62. The number of hydrogen-bond donors (Lipinski definition) is 2. The molecule has 1 aromatic carbocycles. The van der Waals surface area contributed by atoms with E-state index in [9.17, 15) is 0 Å². The zero-order chi connectivity index (χ0) is 21.7. The molecule has 0 radical (unpaired) electrons. The Kier molecular flexibility index (Phi) is 13.2. The van der Waals surface area contributed by atoms with E-state index in [0.29, 0.717) is 19.2 Å². The van der Waals surface area contributed by atoms with Crippen LogP contribution in [0.5, 0.6) is 0 Å². The SMILES string of the molecule is CCCOCc1ccccc1CN=C(NCC)NCC(c1cccs1)N1CCOCC1.I. The van der Waals surface area contributed by atoms with Gasteiger partial charge in [0.15, 0.2) is 5.96 Å². The second kappa shape index (κ2) is 15.6. The molecule has 0 spiro atoms. The molecular weight excluding hydrogens is 535 g/mol. The van der Waals surface area contributed by atoms with Crippen molar-refractivity contribution >= 4 is 41.3 Å². The lowest BCUT2D eigenvalue weighted by molar-refractivity contribution is 0.0177. The van der Waals surface area contributed by atoms with Gasteiger partial charge in [0.05, 0.1) is 32.4 Å². The van der Waals surface area contributed by atoms with Gasteiger partial charge in [0.1, 0.15) is 0 Å². The minimum atomic E-state index is 0. The molecule has 1 aliphatic rings.